The molecule has 0 N–H and O–H groups in total. The van der Waals surface area contributed by atoms with Gasteiger partial charge in [0.05, 0.1) is 6.10 Å². The molecule has 0 aromatic carbocycles. The first-order chi connectivity index (χ1) is 7.58. The van der Waals surface area contributed by atoms with E-state index in [1.54, 1.807) is 0 Å². The Balaban J connectivity index is 2.03. The van der Waals surface area contributed by atoms with Crippen LogP contribution in [-0.2, 0) is 9.53 Å². The zero-order chi connectivity index (χ0) is 11.7. The molecule has 1 aliphatic heterocycles. The summed E-state index contributed by atoms with van der Waals surface area (Å²) in [5, 5.41) is 0. The van der Waals surface area contributed by atoms with Crippen molar-refractivity contribution in [2.75, 3.05) is 0 Å². The van der Waals surface area contributed by atoms with E-state index >= 15 is 0 Å². The van der Waals surface area contributed by atoms with Crippen LogP contribution >= 0.6 is 0 Å². The van der Waals surface area contributed by atoms with Crippen LogP contribution in [0.1, 0.15) is 37.4 Å². The molecule has 0 aliphatic carbocycles. The van der Waals surface area contributed by atoms with Gasteiger partial charge in [-0.25, -0.2) is 0 Å². The summed E-state index contributed by atoms with van der Waals surface area (Å²) in [6.07, 6.45) is 1.54. The maximum absolute atomic E-state index is 11.2. The molecule has 16 heavy (non-hydrogen) atoms. The van der Waals surface area contributed by atoms with Gasteiger partial charge >= 0.3 is 0 Å². The summed E-state index contributed by atoms with van der Waals surface area (Å²) >= 11 is 0. The van der Waals surface area contributed by atoms with Gasteiger partial charge in [-0.05, 0) is 38.8 Å². The van der Waals surface area contributed by atoms with Gasteiger partial charge in [0.1, 0.15) is 17.6 Å². The van der Waals surface area contributed by atoms with Gasteiger partial charge in [0.25, 0.3) is 0 Å². The third-order valence-electron chi connectivity index (χ3n) is 2.94. The quantitative estimate of drug-likeness (QED) is 0.735. The fourth-order valence-electron chi connectivity index (χ4n) is 1.96. The van der Waals surface area contributed by atoms with Crippen molar-refractivity contribution >= 4 is 5.78 Å². The van der Waals surface area contributed by atoms with Crippen LogP contribution in [-0.4, -0.2) is 11.9 Å². The Morgan fingerprint density at radius 3 is 2.75 bits per heavy atom. The van der Waals surface area contributed by atoms with E-state index in [0.717, 1.165) is 24.4 Å². The van der Waals surface area contributed by atoms with Crippen molar-refractivity contribution in [3.63, 3.8) is 0 Å². The summed E-state index contributed by atoms with van der Waals surface area (Å²) in [5.41, 5.74) is 0.561. The summed E-state index contributed by atoms with van der Waals surface area (Å²) < 4.78 is 11.3. The van der Waals surface area contributed by atoms with Crippen LogP contribution in [0.25, 0.3) is 0 Å². The summed E-state index contributed by atoms with van der Waals surface area (Å²) in [6.45, 7) is 7.20. The van der Waals surface area contributed by atoms with Crippen molar-refractivity contribution in [3.8, 4) is 0 Å². The van der Waals surface area contributed by atoms with E-state index in [1.807, 2.05) is 19.1 Å². The van der Waals surface area contributed by atoms with Gasteiger partial charge in [-0.3, -0.25) is 4.79 Å². The number of aryl methyl sites for hydroxylation is 1. The minimum absolute atomic E-state index is 0.00118. The fraction of sp³-hybridized carbons (Fsp3) is 0.462. The van der Waals surface area contributed by atoms with Crippen molar-refractivity contribution < 1.29 is 13.9 Å². The molecule has 0 amide bonds. The van der Waals surface area contributed by atoms with Crippen LogP contribution in [0.4, 0.5) is 0 Å². The van der Waals surface area contributed by atoms with E-state index in [2.05, 4.69) is 6.58 Å². The van der Waals surface area contributed by atoms with Crippen molar-refractivity contribution in [2.45, 2.75) is 38.9 Å². The third kappa shape index (κ3) is 2.09. The Kier molecular flexibility index (Phi) is 2.97. The monoisotopic (exact) mass is 220 g/mol. The number of rotatable bonds is 3. The van der Waals surface area contributed by atoms with Gasteiger partial charge in [-0.2, -0.15) is 0 Å². The lowest BCUT2D eigenvalue weighted by Crippen LogP contribution is -2.14. The first-order valence-electron chi connectivity index (χ1n) is 5.49. The van der Waals surface area contributed by atoms with E-state index in [4.69, 9.17) is 9.15 Å². The maximum atomic E-state index is 11.2. The molecule has 2 rings (SSSR count). The smallest absolute Gasteiger partial charge is 0.157 e. The third-order valence-corrected chi connectivity index (χ3v) is 2.94. The van der Waals surface area contributed by atoms with E-state index in [1.165, 1.54) is 6.92 Å². The average Bonchev–Trinajstić information content (AvgIpc) is 2.84. The second kappa shape index (κ2) is 4.26. The van der Waals surface area contributed by atoms with Crippen LogP contribution < -0.4 is 0 Å². The zero-order valence-corrected chi connectivity index (χ0v) is 9.66. The highest BCUT2D eigenvalue weighted by molar-refractivity contribution is 5.93. The Bertz CT molecular complexity index is 417. The molecule has 86 valence electrons. The molecule has 0 spiro atoms. The lowest BCUT2D eigenvalue weighted by Gasteiger charge is -2.12. The first kappa shape index (κ1) is 11.1. The second-order valence-corrected chi connectivity index (χ2v) is 4.22. The standard InChI is InChI=1S/C13H16O3/c1-8-4-5-12(15-8)13-7-6-11(16-13)9(2)10(3)14/h4-5,11,13H,2,6-7H2,1,3H3. The molecule has 2 heterocycles. The Labute approximate surface area is 95.1 Å². The van der Waals surface area contributed by atoms with Gasteiger partial charge in [0, 0.05) is 5.57 Å². The SMILES string of the molecule is C=C(C(C)=O)C1CCC(c2ccc(C)o2)O1. The number of ether oxygens (including phenoxy) is 1. The van der Waals surface area contributed by atoms with Gasteiger partial charge in [-0.1, -0.05) is 6.58 Å². The Morgan fingerprint density at radius 1 is 1.44 bits per heavy atom. The highest BCUT2D eigenvalue weighted by Gasteiger charge is 2.31. The summed E-state index contributed by atoms with van der Waals surface area (Å²) in [4.78, 5) is 11.2. The molecule has 1 saturated heterocycles. The van der Waals surface area contributed by atoms with Crippen molar-refractivity contribution in [3.05, 3.63) is 35.8 Å². The molecule has 2 atom stereocenters. The highest BCUT2D eigenvalue weighted by Crippen LogP contribution is 2.35. The predicted octanol–water partition coefficient (Wildman–Crippen LogP) is 2.95. The molecular formula is C13H16O3. The lowest BCUT2D eigenvalue weighted by molar-refractivity contribution is -0.114. The zero-order valence-electron chi connectivity index (χ0n) is 9.66. The summed E-state index contributed by atoms with van der Waals surface area (Å²) in [6, 6.07) is 3.85. The second-order valence-electron chi connectivity index (χ2n) is 4.22. The first-order valence-corrected chi connectivity index (χ1v) is 5.49. The molecule has 1 aromatic rings. The topological polar surface area (TPSA) is 39.4 Å². The van der Waals surface area contributed by atoms with Crippen LogP contribution in [0.2, 0.25) is 0 Å². The number of Topliss-reactive ketones (excluding diaryl/α,β-unsaturated/α-hetero) is 1. The van der Waals surface area contributed by atoms with Crippen molar-refractivity contribution in [1.29, 1.82) is 0 Å². The van der Waals surface area contributed by atoms with E-state index in [9.17, 15) is 4.79 Å². The molecule has 1 aromatic heterocycles. The van der Waals surface area contributed by atoms with Gasteiger partial charge in [0.2, 0.25) is 0 Å². The minimum atomic E-state index is -0.145. The van der Waals surface area contributed by atoms with Gasteiger partial charge in [0.15, 0.2) is 5.78 Å². The van der Waals surface area contributed by atoms with Crippen LogP contribution in [0, 0.1) is 6.92 Å². The Morgan fingerprint density at radius 2 is 2.19 bits per heavy atom. The number of ketones is 1. The molecular weight excluding hydrogens is 204 g/mol. The number of hydrogen-bond donors (Lipinski definition) is 0. The molecule has 0 saturated carbocycles. The molecule has 1 aliphatic rings. The predicted molar refractivity (Wildman–Crippen MR) is 60.1 cm³/mol. The Hall–Kier alpha value is -1.35. The number of carbonyl (C=O) groups excluding carboxylic acids is 1. The van der Waals surface area contributed by atoms with Gasteiger partial charge in [-0.15, -0.1) is 0 Å². The molecule has 1 fully saturated rings. The highest BCUT2D eigenvalue weighted by atomic mass is 16.5. The largest absolute Gasteiger partial charge is 0.464 e. The number of furan rings is 1. The van der Waals surface area contributed by atoms with E-state index in [-0.39, 0.29) is 18.0 Å². The fourth-order valence-corrected chi connectivity index (χ4v) is 1.96. The van der Waals surface area contributed by atoms with Crippen LogP contribution in [0.15, 0.2) is 28.7 Å². The summed E-state index contributed by atoms with van der Waals surface area (Å²) in [5.74, 6) is 1.73. The lowest BCUT2D eigenvalue weighted by atomic mass is 10.0. The minimum Gasteiger partial charge on any atom is -0.464 e. The average molecular weight is 220 g/mol. The van der Waals surface area contributed by atoms with E-state index in [0.29, 0.717) is 5.57 Å². The van der Waals surface area contributed by atoms with E-state index < -0.39 is 0 Å². The van der Waals surface area contributed by atoms with Crippen LogP contribution in [0.5, 0.6) is 0 Å². The molecule has 0 bridgehead atoms. The van der Waals surface area contributed by atoms with Crippen LogP contribution in [0.3, 0.4) is 0 Å². The van der Waals surface area contributed by atoms with Crippen molar-refractivity contribution in [1.82, 2.24) is 0 Å². The van der Waals surface area contributed by atoms with Gasteiger partial charge < -0.3 is 9.15 Å². The number of hydrogen-bond acceptors (Lipinski definition) is 3. The number of carbonyl (C=O) groups is 1. The molecule has 3 heteroatoms. The van der Waals surface area contributed by atoms with Crippen molar-refractivity contribution in [2.24, 2.45) is 0 Å². The molecule has 0 radical (unpaired) electrons. The summed E-state index contributed by atoms with van der Waals surface area (Å²) in [7, 11) is 0. The molecule has 3 nitrogen and oxygen atoms in total. The normalized spacial score (nSPS) is 24.6. The maximum Gasteiger partial charge on any atom is 0.157 e. The molecule has 2 unspecified atom stereocenters.